The summed E-state index contributed by atoms with van der Waals surface area (Å²) in [7, 11) is -4.23. The minimum Gasteiger partial charge on any atom is -0.390 e. The molecule has 1 aromatic carbocycles. The van der Waals surface area contributed by atoms with Crippen molar-refractivity contribution >= 4 is 10.3 Å². The van der Waals surface area contributed by atoms with Gasteiger partial charge in [0.25, 0.3) is 0 Å². The highest BCUT2D eigenvalue weighted by Gasteiger charge is 2.08. The molecule has 1 unspecified atom stereocenters. The van der Waals surface area contributed by atoms with E-state index in [4.69, 9.17) is 4.55 Å². The van der Waals surface area contributed by atoms with Crippen molar-refractivity contribution in [3.8, 4) is 0 Å². The van der Waals surface area contributed by atoms with Gasteiger partial charge in [-0.05, 0) is 5.56 Å². The van der Waals surface area contributed by atoms with Crippen LogP contribution in [0.4, 0.5) is 0 Å². The van der Waals surface area contributed by atoms with Crippen LogP contribution < -0.4 is 10.0 Å². The molecule has 1 aromatic rings. The second kappa shape index (κ2) is 6.67. The van der Waals surface area contributed by atoms with Crippen LogP contribution in [0.1, 0.15) is 5.56 Å². The normalized spacial score (nSPS) is 13.5. The molecule has 96 valence electrons. The lowest BCUT2D eigenvalue weighted by molar-refractivity contribution is 0.174. The molecule has 0 saturated heterocycles. The van der Waals surface area contributed by atoms with E-state index in [1.165, 1.54) is 0 Å². The first-order valence-electron chi connectivity index (χ1n) is 5.12. The first kappa shape index (κ1) is 14.1. The van der Waals surface area contributed by atoms with Gasteiger partial charge in [0.1, 0.15) is 0 Å². The molecule has 17 heavy (non-hydrogen) atoms. The van der Waals surface area contributed by atoms with Gasteiger partial charge in [-0.15, -0.1) is 0 Å². The number of nitrogens with one attached hydrogen (secondary N) is 2. The molecule has 0 bridgehead atoms. The van der Waals surface area contributed by atoms with Gasteiger partial charge in [0, 0.05) is 19.6 Å². The Labute approximate surface area is 101 Å². The largest absolute Gasteiger partial charge is 0.390 e. The van der Waals surface area contributed by atoms with Gasteiger partial charge < -0.3 is 10.4 Å². The van der Waals surface area contributed by atoms with Crippen LogP contribution in [0.15, 0.2) is 30.3 Å². The van der Waals surface area contributed by atoms with Gasteiger partial charge in [-0.2, -0.15) is 13.1 Å². The summed E-state index contributed by atoms with van der Waals surface area (Å²) in [5.74, 6) is 0. The average Bonchev–Trinajstić information content (AvgIpc) is 2.27. The summed E-state index contributed by atoms with van der Waals surface area (Å²) < 4.78 is 30.9. The standard InChI is InChI=1S/C10H16N2O4S/c13-10(8-12-17(14,15)16)7-11-6-9-4-2-1-3-5-9/h1-5,10-13H,6-8H2,(H,14,15,16). The Hall–Kier alpha value is -0.990. The van der Waals surface area contributed by atoms with Crippen molar-refractivity contribution in [1.82, 2.24) is 10.0 Å². The van der Waals surface area contributed by atoms with E-state index in [2.05, 4.69) is 5.32 Å². The highest BCUT2D eigenvalue weighted by Crippen LogP contribution is 1.96. The Morgan fingerprint density at radius 2 is 1.82 bits per heavy atom. The van der Waals surface area contributed by atoms with Crippen LogP contribution in [0.5, 0.6) is 0 Å². The Bertz CT molecular complexity index is 421. The Kier molecular flexibility index (Phi) is 5.52. The molecule has 1 rings (SSSR count). The molecular formula is C10H16N2O4S. The zero-order valence-corrected chi connectivity index (χ0v) is 10.0. The van der Waals surface area contributed by atoms with Gasteiger partial charge in [0.2, 0.25) is 0 Å². The van der Waals surface area contributed by atoms with Gasteiger partial charge in [0.05, 0.1) is 6.10 Å². The van der Waals surface area contributed by atoms with Crippen molar-refractivity contribution in [2.45, 2.75) is 12.6 Å². The molecule has 0 fully saturated rings. The summed E-state index contributed by atoms with van der Waals surface area (Å²) in [5.41, 5.74) is 1.07. The number of hydrogen-bond donors (Lipinski definition) is 4. The fraction of sp³-hybridized carbons (Fsp3) is 0.400. The number of aliphatic hydroxyl groups excluding tert-OH is 1. The van der Waals surface area contributed by atoms with E-state index in [-0.39, 0.29) is 13.1 Å². The van der Waals surface area contributed by atoms with E-state index >= 15 is 0 Å². The third-order valence-electron chi connectivity index (χ3n) is 2.05. The van der Waals surface area contributed by atoms with Crippen molar-refractivity contribution in [2.24, 2.45) is 0 Å². The smallest absolute Gasteiger partial charge is 0.333 e. The molecule has 0 aliphatic carbocycles. The SMILES string of the molecule is O=S(=O)(O)NCC(O)CNCc1ccccc1. The zero-order valence-electron chi connectivity index (χ0n) is 9.20. The van der Waals surface area contributed by atoms with Crippen molar-refractivity contribution < 1.29 is 18.1 Å². The summed E-state index contributed by atoms with van der Waals surface area (Å²) in [4.78, 5) is 0. The van der Waals surface area contributed by atoms with Crippen molar-refractivity contribution in [3.63, 3.8) is 0 Å². The Morgan fingerprint density at radius 1 is 1.18 bits per heavy atom. The van der Waals surface area contributed by atoms with Crippen LogP contribution in [0.2, 0.25) is 0 Å². The third kappa shape index (κ3) is 7.03. The lowest BCUT2D eigenvalue weighted by atomic mass is 10.2. The molecule has 0 saturated carbocycles. The number of benzene rings is 1. The molecule has 0 amide bonds. The van der Waals surface area contributed by atoms with Crippen LogP contribution in [0.3, 0.4) is 0 Å². The minimum atomic E-state index is -4.23. The predicted octanol–water partition coefficient (Wildman–Crippen LogP) is -0.470. The summed E-state index contributed by atoms with van der Waals surface area (Å²) >= 11 is 0. The predicted molar refractivity (Wildman–Crippen MR) is 63.7 cm³/mol. The van der Waals surface area contributed by atoms with Crippen LogP contribution in [0, 0.1) is 0 Å². The fourth-order valence-corrected chi connectivity index (χ4v) is 1.66. The summed E-state index contributed by atoms with van der Waals surface area (Å²) in [5, 5.41) is 12.4. The van der Waals surface area contributed by atoms with Crippen molar-refractivity contribution in [1.29, 1.82) is 0 Å². The molecule has 0 aliphatic heterocycles. The van der Waals surface area contributed by atoms with E-state index in [1.54, 1.807) is 0 Å². The Balaban J connectivity index is 2.18. The number of rotatable bonds is 7. The molecule has 0 heterocycles. The van der Waals surface area contributed by atoms with Gasteiger partial charge >= 0.3 is 10.3 Å². The molecular weight excluding hydrogens is 244 g/mol. The van der Waals surface area contributed by atoms with E-state index in [0.29, 0.717) is 6.54 Å². The minimum absolute atomic E-state index is 0.222. The van der Waals surface area contributed by atoms with Crippen LogP contribution in [-0.2, 0) is 16.8 Å². The van der Waals surface area contributed by atoms with Crippen LogP contribution in [-0.4, -0.2) is 37.3 Å². The van der Waals surface area contributed by atoms with Gasteiger partial charge in [-0.3, -0.25) is 4.55 Å². The van der Waals surface area contributed by atoms with E-state index in [0.717, 1.165) is 5.56 Å². The molecule has 0 radical (unpaired) electrons. The first-order valence-corrected chi connectivity index (χ1v) is 6.56. The average molecular weight is 260 g/mol. The van der Waals surface area contributed by atoms with E-state index < -0.39 is 16.4 Å². The summed E-state index contributed by atoms with van der Waals surface area (Å²) in [6.45, 7) is 0.599. The fourth-order valence-electron chi connectivity index (χ4n) is 1.25. The Morgan fingerprint density at radius 3 is 2.41 bits per heavy atom. The summed E-state index contributed by atoms with van der Waals surface area (Å²) in [6.07, 6.45) is -0.888. The summed E-state index contributed by atoms with van der Waals surface area (Å²) in [6, 6.07) is 9.61. The van der Waals surface area contributed by atoms with Gasteiger partial charge in [0.15, 0.2) is 0 Å². The monoisotopic (exact) mass is 260 g/mol. The van der Waals surface area contributed by atoms with Gasteiger partial charge in [-0.25, -0.2) is 0 Å². The maximum Gasteiger partial charge on any atom is 0.333 e. The molecule has 7 heteroatoms. The maximum absolute atomic E-state index is 10.3. The molecule has 0 spiro atoms. The lowest BCUT2D eigenvalue weighted by Gasteiger charge is -2.11. The van der Waals surface area contributed by atoms with Crippen LogP contribution in [0.25, 0.3) is 0 Å². The van der Waals surface area contributed by atoms with E-state index in [1.807, 2.05) is 35.1 Å². The van der Waals surface area contributed by atoms with Crippen molar-refractivity contribution in [3.05, 3.63) is 35.9 Å². The zero-order chi connectivity index (χ0) is 12.7. The van der Waals surface area contributed by atoms with Crippen molar-refractivity contribution in [2.75, 3.05) is 13.1 Å². The second-order valence-corrected chi connectivity index (χ2v) is 4.83. The highest BCUT2D eigenvalue weighted by molar-refractivity contribution is 7.83. The molecule has 0 aliphatic rings. The highest BCUT2D eigenvalue weighted by atomic mass is 32.2. The number of hydrogen-bond acceptors (Lipinski definition) is 4. The second-order valence-electron chi connectivity index (χ2n) is 3.59. The molecule has 0 aromatic heterocycles. The maximum atomic E-state index is 10.3. The van der Waals surface area contributed by atoms with E-state index in [9.17, 15) is 13.5 Å². The van der Waals surface area contributed by atoms with Crippen LogP contribution >= 0.6 is 0 Å². The lowest BCUT2D eigenvalue weighted by Crippen LogP contribution is -2.37. The topological polar surface area (TPSA) is 98.7 Å². The quantitative estimate of drug-likeness (QED) is 0.497. The molecule has 4 N–H and O–H groups in total. The molecule has 1 atom stereocenters. The first-order chi connectivity index (χ1) is 7.97. The number of aliphatic hydroxyl groups is 1. The van der Waals surface area contributed by atoms with Gasteiger partial charge in [-0.1, -0.05) is 30.3 Å². The molecule has 6 nitrogen and oxygen atoms in total. The third-order valence-corrected chi connectivity index (χ3v) is 2.58.